The number of anilines is 1. The molecule has 0 atom stereocenters. The van der Waals surface area contributed by atoms with Crippen LogP contribution in [0, 0.1) is 0 Å². The van der Waals surface area contributed by atoms with Crippen molar-refractivity contribution in [2.24, 2.45) is 0 Å². The van der Waals surface area contributed by atoms with Crippen LogP contribution in [0.2, 0.25) is 0 Å². The molecule has 18 heavy (non-hydrogen) atoms. The number of aromatic nitrogens is 1. The summed E-state index contributed by atoms with van der Waals surface area (Å²) < 4.78 is 24.3. The standard InChI is InChI=1S/C12H12N2O3S/c13-11-7-14-5-4-12(11)18(16,17)8-9-2-1-3-10(15)6-9/h1-7,15H,8,13H2. The molecule has 3 N–H and O–H groups in total. The van der Waals surface area contributed by atoms with Gasteiger partial charge in [0.05, 0.1) is 22.5 Å². The Morgan fingerprint density at radius 1 is 1.28 bits per heavy atom. The van der Waals surface area contributed by atoms with Gasteiger partial charge in [-0.25, -0.2) is 8.42 Å². The number of phenols is 1. The van der Waals surface area contributed by atoms with E-state index in [1.807, 2.05) is 0 Å². The summed E-state index contributed by atoms with van der Waals surface area (Å²) in [7, 11) is -3.54. The van der Waals surface area contributed by atoms with Gasteiger partial charge in [-0.2, -0.15) is 0 Å². The van der Waals surface area contributed by atoms with Crippen LogP contribution in [-0.2, 0) is 15.6 Å². The molecule has 2 aromatic rings. The van der Waals surface area contributed by atoms with Gasteiger partial charge in [-0.1, -0.05) is 12.1 Å². The van der Waals surface area contributed by atoms with Crippen molar-refractivity contribution in [3.8, 4) is 5.75 Å². The molecule has 0 spiro atoms. The first-order valence-electron chi connectivity index (χ1n) is 5.19. The smallest absolute Gasteiger partial charge is 0.184 e. The van der Waals surface area contributed by atoms with Crippen LogP contribution in [0.4, 0.5) is 5.69 Å². The van der Waals surface area contributed by atoms with Crippen molar-refractivity contribution >= 4 is 15.5 Å². The van der Waals surface area contributed by atoms with E-state index < -0.39 is 9.84 Å². The van der Waals surface area contributed by atoms with Gasteiger partial charge in [-0.05, 0) is 23.8 Å². The van der Waals surface area contributed by atoms with Gasteiger partial charge >= 0.3 is 0 Å². The first-order valence-corrected chi connectivity index (χ1v) is 6.84. The Kier molecular flexibility index (Phi) is 3.20. The normalized spacial score (nSPS) is 11.3. The summed E-state index contributed by atoms with van der Waals surface area (Å²) in [6.45, 7) is 0. The molecule has 0 saturated heterocycles. The molecule has 0 aliphatic carbocycles. The zero-order chi connectivity index (χ0) is 13.2. The molecule has 0 radical (unpaired) electrons. The third kappa shape index (κ3) is 2.60. The Morgan fingerprint density at radius 3 is 2.72 bits per heavy atom. The largest absolute Gasteiger partial charge is 0.508 e. The van der Waals surface area contributed by atoms with Gasteiger partial charge in [-0.15, -0.1) is 0 Å². The van der Waals surface area contributed by atoms with E-state index >= 15 is 0 Å². The Labute approximate surface area is 105 Å². The highest BCUT2D eigenvalue weighted by atomic mass is 32.2. The van der Waals surface area contributed by atoms with Crippen molar-refractivity contribution in [2.45, 2.75) is 10.6 Å². The zero-order valence-electron chi connectivity index (χ0n) is 9.45. The number of phenolic OH excluding ortho intramolecular Hbond substituents is 1. The SMILES string of the molecule is Nc1cnccc1S(=O)(=O)Cc1cccc(O)c1. The Morgan fingerprint density at radius 2 is 2.06 bits per heavy atom. The van der Waals surface area contributed by atoms with E-state index in [0.29, 0.717) is 5.56 Å². The quantitative estimate of drug-likeness (QED) is 0.872. The molecule has 6 heteroatoms. The minimum Gasteiger partial charge on any atom is -0.508 e. The number of aromatic hydroxyl groups is 1. The molecule has 0 saturated carbocycles. The lowest BCUT2D eigenvalue weighted by Crippen LogP contribution is -2.08. The summed E-state index contributed by atoms with van der Waals surface area (Å²) in [6.07, 6.45) is 2.68. The molecule has 0 amide bonds. The highest BCUT2D eigenvalue weighted by molar-refractivity contribution is 7.90. The number of sulfone groups is 1. The lowest BCUT2D eigenvalue weighted by Gasteiger charge is -2.07. The molecule has 94 valence electrons. The molecule has 1 aromatic carbocycles. The summed E-state index contributed by atoms with van der Waals surface area (Å²) in [5, 5.41) is 9.31. The second-order valence-electron chi connectivity index (χ2n) is 3.84. The van der Waals surface area contributed by atoms with Gasteiger partial charge in [0.2, 0.25) is 0 Å². The van der Waals surface area contributed by atoms with E-state index in [0.717, 1.165) is 0 Å². The highest BCUT2D eigenvalue weighted by Gasteiger charge is 2.18. The number of nitrogens with zero attached hydrogens (tertiary/aromatic N) is 1. The van der Waals surface area contributed by atoms with Gasteiger partial charge in [-0.3, -0.25) is 4.98 Å². The number of benzene rings is 1. The Bertz CT molecular complexity index is 669. The number of hydrogen-bond donors (Lipinski definition) is 2. The van der Waals surface area contributed by atoms with Crippen LogP contribution < -0.4 is 5.73 Å². The minimum absolute atomic E-state index is 0.0328. The van der Waals surface area contributed by atoms with E-state index in [4.69, 9.17) is 5.73 Å². The van der Waals surface area contributed by atoms with Crippen molar-refractivity contribution in [3.63, 3.8) is 0 Å². The van der Waals surface area contributed by atoms with Gasteiger partial charge in [0.25, 0.3) is 0 Å². The third-order valence-electron chi connectivity index (χ3n) is 2.41. The van der Waals surface area contributed by atoms with Gasteiger partial charge < -0.3 is 10.8 Å². The maximum Gasteiger partial charge on any atom is 0.184 e. The second-order valence-corrected chi connectivity index (χ2v) is 5.80. The fraction of sp³-hybridized carbons (Fsp3) is 0.0833. The Hall–Kier alpha value is -2.08. The molecule has 0 aliphatic heterocycles. The summed E-state index contributed by atoms with van der Waals surface area (Å²) in [4.78, 5) is 3.81. The van der Waals surface area contributed by atoms with Crippen LogP contribution in [0.25, 0.3) is 0 Å². The summed E-state index contributed by atoms with van der Waals surface area (Å²) >= 11 is 0. The van der Waals surface area contributed by atoms with Crippen LogP contribution in [-0.4, -0.2) is 18.5 Å². The average Bonchev–Trinajstić information content (AvgIpc) is 2.28. The monoisotopic (exact) mass is 264 g/mol. The number of hydrogen-bond acceptors (Lipinski definition) is 5. The van der Waals surface area contributed by atoms with Crippen molar-refractivity contribution in [3.05, 3.63) is 48.3 Å². The van der Waals surface area contributed by atoms with E-state index in [-0.39, 0.29) is 22.1 Å². The minimum atomic E-state index is -3.54. The molecule has 1 aromatic heterocycles. The first kappa shape index (κ1) is 12.4. The topological polar surface area (TPSA) is 93.3 Å². The lowest BCUT2D eigenvalue weighted by atomic mass is 10.2. The Balaban J connectivity index is 2.37. The van der Waals surface area contributed by atoms with E-state index in [1.54, 1.807) is 12.1 Å². The molecule has 0 bridgehead atoms. The second kappa shape index (κ2) is 4.66. The average molecular weight is 264 g/mol. The van der Waals surface area contributed by atoms with Gasteiger partial charge in [0.15, 0.2) is 9.84 Å². The molecule has 0 unspecified atom stereocenters. The van der Waals surface area contributed by atoms with E-state index in [2.05, 4.69) is 4.98 Å². The number of rotatable bonds is 3. The predicted octanol–water partition coefficient (Wildman–Crippen LogP) is 1.34. The van der Waals surface area contributed by atoms with Crippen LogP contribution in [0.5, 0.6) is 5.75 Å². The van der Waals surface area contributed by atoms with Crippen LogP contribution >= 0.6 is 0 Å². The summed E-state index contributed by atoms with van der Waals surface area (Å²) in [5.41, 5.74) is 6.23. The van der Waals surface area contributed by atoms with Gasteiger partial charge in [0, 0.05) is 6.20 Å². The highest BCUT2D eigenvalue weighted by Crippen LogP contribution is 2.22. The van der Waals surface area contributed by atoms with Crippen LogP contribution in [0.15, 0.2) is 47.6 Å². The van der Waals surface area contributed by atoms with Crippen molar-refractivity contribution in [1.29, 1.82) is 0 Å². The van der Waals surface area contributed by atoms with E-state index in [1.165, 1.54) is 30.6 Å². The predicted molar refractivity (Wildman–Crippen MR) is 67.6 cm³/mol. The van der Waals surface area contributed by atoms with Gasteiger partial charge in [0.1, 0.15) is 5.75 Å². The molecular formula is C12H12N2O3S. The third-order valence-corrected chi connectivity index (χ3v) is 4.17. The van der Waals surface area contributed by atoms with E-state index in [9.17, 15) is 13.5 Å². The lowest BCUT2D eigenvalue weighted by molar-refractivity contribution is 0.475. The fourth-order valence-electron chi connectivity index (χ4n) is 1.62. The molecular weight excluding hydrogens is 252 g/mol. The maximum atomic E-state index is 12.1. The molecule has 1 heterocycles. The first-order chi connectivity index (χ1) is 8.49. The number of nitrogens with two attached hydrogens (primary N) is 1. The number of pyridine rings is 1. The number of nitrogen functional groups attached to an aromatic ring is 1. The van der Waals surface area contributed by atoms with Crippen molar-refractivity contribution in [1.82, 2.24) is 4.98 Å². The molecule has 2 rings (SSSR count). The molecule has 0 aliphatic rings. The summed E-state index contributed by atoms with van der Waals surface area (Å²) in [6, 6.07) is 7.49. The molecule has 0 fully saturated rings. The van der Waals surface area contributed by atoms with Crippen LogP contribution in [0.1, 0.15) is 5.56 Å². The summed E-state index contributed by atoms with van der Waals surface area (Å²) in [5.74, 6) is -0.180. The fourth-order valence-corrected chi connectivity index (χ4v) is 3.07. The van der Waals surface area contributed by atoms with Crippen molar-refractivity contribution in [2.75, 3.05) is 5.73 Å². The van der Waals surface area contributed by atoms with Crippen LogP contribution in [0.3, 0.4) is 0 Å². The zero-order valence-corrected chi connectivity index (χ0v) is 10.3. The van der Waals surface area contributed by atoms with Crippen molar-refractivity contribution < 1.29 is 13.5 Å². The maximum absolute atomic E-state index is 12.1. The molecule has 5 nitrogen and oxygen atoms in total.